The Bertz CT molecular complexity index is 268. The summed E-state index contributed by atoms with van der Waals surface area (Å²) >= 11 is 0. The maximum absolute atomic E-state index is 11.9. The summed E-state index contributed by atoms with van der Waals surface area (Å²) in [6.07, 6.45) is 1.11. The van der Waals surface area contributed by atoms with Gasteiger partial charge < -0.3 is 5.73 Å². The normalized spacial score (nSPS) is 11.3. The molecule has 16 heavy (non-hydrogen) atoms. The van der Waals surface area contributed by atoms with Crippen molar-refractivity contribution in [3.8, 4) is 0 Å². The van der Waals surface area contributed by atoms with E-state index in [1.165, 1.54) is 5.06 Å². The van der Waals surface area contributed by atoms with Crippen LogP contribution >= 0.6 is 0 Å². The molecule has 0 unspecified atom stereocenters. The zero-order valence-corrected chi connectivity index (χ0v) is 10.3. The van der Waals surface area contributed by atoms with Crippen LogP contribution in [0, 0.1) is 0 Å². The second-order valence-electron chi connectivity index (χ2n) is 3.32. The van der Waals surface area contributed by atoms with Crippen LogP contribution in [0.25, 0.3) is 0 Å². The van der Waals surface area contributed by atoms with Crippen LogP contribution in [0.4, 0.5) is 0 Å². The highest BCUT2D eigenvalue weighted by molar-refractivity contribution is 5.98. The van der Waals surface area contributed by atoms with Crippen LogP contribution in [0.15, 0.2) is 17.1 Å². The quantitative estimate of drug-likeness (QED) is 0.306. The van der Waals surface area contributed by atoms with Crippen LogP contribution in [0.1, 0.15) is 26.7 Å². The molecular formula is C11H21N3O2. The summed E-state index contributed by atoms with van der Waals surface area (Å²) in [5, 5.41) is 1.32. The topological polar surface area (TPSA) is 67.9 Å². The molecule has 0 rings (SSSR count). The van der Waals surface area contributed by atoms with Crippen LogP contribution in [-0.2, 0) is 9.63 Å². The average Bonchev–Trinajstić information content (AvgIpc) is 2.27. The van der Waals surface area contributed by atoms with Gasteiger partial charge in [0.1, 0.15) is 0 Å². The van der Waals surface area contributed by atoms with E-state index in [0.717, 1.165) is 6.42 Å². The van der Waals surface area contributed by atoms with Crippen LogP contribution < -0.4 is 5.73 Å². The molecule has 2 N–H and O–H groups in total. The highest BCUT2D eigenvalue weighted by atomic mass is 16.7. The third-order valence-electron chi connectivity index (χ3n) is 1.92. The summed E-state index contributed by atoms with van der Waals surface area (Å²) in [4.78, 5) is 20.9. The van der Waals surface area contributed by atoms with Gasteiger partial charge >= 0.3 is 0 Å². The van der Waals surface area contributed by atoms with Crippen LogP contribution in [0.3, 0.4) is 0 Å². The van der Waals surface area contributed by atoms with E-state index in [0.29, 0.717) is 24.6 Å². The van der Waals surface area contributed by atoms with E-state index in [4.69, 9.17) is 10.6 Å². The lowest BCUT2D eigenvalue weighted by Crippen LogP contribution is -2.34. The first-order valence-electron chi connectivity index (χ1n) is 5.40. The van der Waals surface area contributed by atoms with E-state index in [2.05, 4.69) is 11.6 Å². The molecule has 0 aliphatic heterocycles. The van der Waals surface area contributed by atoms with Gasteiger partial charge in [-0.2, -0.15) is 0 Å². The molecule has 0 fully saturated rings. The predicted molar refractivity (Wildman–Crippen MR) is 64.9 cm³/mol. The molecule has 0 saturated heterocycles. The van der Waals surface area contributed by atoms with E-state index in [-0.39, 0.29) is 12.3 Å². The van der Waals surface area contributed by atoms with Gasteiger partial charge in [0, 0.05) is 25.6 Å². The third kappa shape index (κ3) is 4.93. The molecule has 5 heteroatoms. The van der Waals surface area contributed by atoms with Crippen molar-refractivity contribution < 1.29 is 9.63 Å². The van der Waals surface area contributed by atoms with Crippen molar-refractivity contribution in [1.29, 1.82) is 0 Å². The lowest BCUT2D eigenvalue weighted by molar-refractivity contribution is -0.180. The molecule has 0 spiro atoms. The number of hydroxylamine groups is 2. The molecule has 0 atom stereocenters. The number of nitrogens with zero attached hydrogens (tertiary/aromatic N) is 2. The van der Waals surface area contributed by atoms with Crippen molar-refractivity contribution in [2.45, 2.75) is 26.7 Å². The number of rotatable bonds is 7. The molecule has 5 nitrogen and oxygen atoms in total. The van der Waals surface area contributed by atoms with Crippen molar-refractivity contribution in [1.82, 2.24) is 5.06 Å². The zero-order valence-electron chi connectivity index (χ0n) is 10.3. The smallest absolute Gasteiger partial charge is 0.273 e. The summed E-state index contributed by atoms with van der Waals surface area (Å²) in [6.45, 7) is 8.51. The molecule has 92 valence electrons. The average molecular weight is 227 g/mol. The number of amidine groups is 1. The number of amides is 1. The van der Waals surface area contributed by atoms with Gasteiger partial charge in [0.15, 0.2) is 0 Å². The molecule has 0 heterocycles. The van der Waals surface area contributed by atoms with Crippen molar-refractivity contribution >= 4 is 11.7 Å². The van der Waals surface area contributed by atoms with Gasteiger partial charge in [-0.1, -0.05) is 13.5 Å². The van der Waals surface area contributed by atoms with Gasteiger partial charge in [0.2, 0.25) is 0 Å². The Hall–Kier alpha value is -1.36. The summed E-state index contributed by atoms with van der Waals surface area (Å²) < 4.78 is 0. The number of nitrogens with two attached hydrogens (primary N) is 1. The van der Waals surface area contributed by atoms with Gasteiger partial charge in [0.05, 0.1) is 12.4 Å². The molecule has 0 aromatic heterocycles. The molecule has 0 aliphatic rings. The van der Waals surface area contributed by atoms with Gasteiger partial charge in [-0.05, 0) is 13.3 Å². The molecule has 0 aromatic rings. The zero-order chi connectivity index (χ0) is 12.6. The Labute approximate surface area is 96.9 Å². The molecule has 0 bridgehead atoms. The number of hydrogen-bond donors (Lipinski definition) is 1. The van der Waals surface area contributed by atoms with Crippen molar-refractivity contribution in [3.63, 3.8) is 0 Å². The fraction of sp³-hybridized carbons (Fsp3) is 0.636. The predicted octanol–water partition coefficient (Wildman–Crippen LogP) is 1.11. The standard InChI is InChI=1S/C11H21N3O2/c1-5-7-14(16-6-2)11(15)9(3)8-10(12)13-4/h3,5-8H2,1-2,4H3,(H2,12,13). The maximum Gasteiger partial charge on any atom is 0.273 e. The first-order chi connectivity index (χ1) is 7.56. The number of aliphatic imine (C=N–C) groups is 1. The Balaban J connectivity index is 4.42. The van der Waals surface area contributed by atoms with E-state index in [9.17, 15) is 4.79 Å². The van der Waals surface area contributed by atoms with Crippen molar-refractivity contribution in [2.75, 3.05) is 20.2 Å². The minimum absolute atomic E-state index is 0.227. The number of hydrogen-bond acceptors (Lipinski definition) is 3. The molecule has 0 aliphatic carbocycles. The summed E-state index contributed by atoms with van der Waals surface area (Å²) in [5.74, 6) is 0.168. The molecule has 0 aromatic carbocycles. The molecule has 0 radical (unpaired) electrons. The number of carbonyl (C=O) groups excluding carboxylic acids is 1. The van der Waals surface area contributed by atoms with Gasteiger partial charge in [-0.15, -0.1) is 0 Å². The van der Waals surface area contributed by atoms with Crippen LogP contribution in [0.5, 0.6) is 0 Å². The number of carbonyl (C=O) groups is 1. The second-order valence-corrected chi connectivity index (χ2v) is 3.32. The lowest BCUT2D eigenvalue weighted by atomic mass is 10.2. The molecular weight excluding hydrogens is 206 g/mol. The first kappa shape index (κ1) is 14.6. The fourth-order valence-electron chi connectivity index (χ4n) is 1.13. The third-order valence-corrected chi connectivity index (χ3v) is 1.92. The Morgan fingerprint density at radius 1 is 1.50 bits per heavy atom. The second kappa shape index (κ2) is 7.87. The fourth-order valence-corrected chi connectivity index (χ4v) is 1.13. The minimum atomic E-state index is -0.227. The van der Waals surface area contributed by atoms with E-state index in [1.54, 1.807) is 7.05 Å². The van der Waals surface area contributed by atoms with Gasteiger partial charge in [-0.25, -0.2) is 5.06 Å². The maximum atomic E-state index is 11.9. The highest BCUT2D eigenvalue weighted by Crippen LogP contribution is 2.06. The minimum Gasteiger partial charge on any atom is -0.387 e. The van der Waals surface area contributed by atoms with Crippen LogP contribution in [-0.4, -0.2) is 37.0 Å². The van der Waals surface area contributed by atoms with E-state index >= 15 is 0 Å². The van der Waals surface area contributed by atoms with Gasteiger partial charge in [0.25, 0.3) is 5.91 Å². The largest absolute Gasteiger partial charge is 0.387 e. The molecule has 0 saturated carbocycles. The summed E-state index contributed by atoms with van der Waals surface area (Å²) in [5.41, 5.74) is 5.93. The van der Waals surface area contributed by atoms with Crippen molar-refractivity contribution in [3.05, 3.63) is 12.2 Å². The Morgan fingerprint density at radius 3 is 2.56 bits per heavy atom. The van der Waals surface area contributed by atoms with Gasteiger partial charge in [-0.3, -0.25) is 14.6 Å². The van der Waals surface area contributed by atoms with E-state index < -0.39 is 0 Å². The van der Waals surface area contributed by atoms with E-state index in [1.807, 2.05) is 13.8 Å². The van der Waals surface area contributed by atoms with Crippen LogP contribution in [0.2, 0.25) is 0 Å². The first-order valence-corrected chi connectivity index (χ1v) is 5.40. The SMILES string of the molecule is C=C(CC(N)=NC)C(=O)N(CCC)OCC. The summed E-state index contributed by atoms with van der Waals surface area (Å²) in [6, 6.07) is 0. The highest BCUT2D eigenvalue weighted by Gasteiger charge is 2.17. The monoisotopic (exact) mass is 227 g/mol. The lowest BCUT2D eigenvalue weighted by Gasteiger charge is -2.21. The summed E-state index contributed by atoms with van der Waals surface area (Å²) in [7, 11) is 1.58. The Kier molecular flexibility index (Phi) is 7.20. The Morgan fingerprint density at radius 2 is 2.12 bits per heavy atom. The van der Waals surface area contributed by atoms with Crippen molar-refractivity contribution in [2.24, 2.45) is 10.7 Å². The molecule has 1 amide bonds.